The maximum absolute atomic E-state index is 9.92. The predicted octanol–water partition coefficient (Wildman–Crippen LogP) is 3.91. The molecule has 0 aliphatic rings. The number of rotatable bonds is 6. The first-order valence-corrected chi connectivity index (χ1v) is 8.07. The van der Waals surface area contributed by atoms with Crippen LogP contribution < -0.4 is 10.1 Å². The number of aliphatic hydroxyl groups excluding tert-OH is 1. The summed E-state index contributed by atoms with van der Waals surface area (Å²) in [5.74, 6) is 0.751. The fourth-order valence-corrected chi connectivity index (χ4v) is 2.46. The number of hydrogen-bond donors (Lipinski definition) is 2. The van der Waals surface area contributed by atoms with Crippen LogP contribution in [0.25, 0.3) is 0 Å². The molecule has 0 aliphatic heterocycles. The van der Waals surface area contributed by atoms with E-state index in [0.29, 0.717) is 6.54 Å². The van der Waals surface area contributed by atoms with Crippen LogP contribution in [0.3, 0.4) is 0 Å². The van der Waals surface area contributed by atoms with Gasteiger partial charge in [-0.15, -0.1) is 0 Å². The number of para-hydroxylation sites is 1. The lowest BCUT2D eigenvalue weighted by atomic mass is 10.3. The average Bonchev–Trinajstić information content (AvgIpc) is 2.46. The van der Waals surface area contributed by atoms with Gasteiger partial charge < -0.3 is 15.2 Å². The van der Waals surface area contributed by atoms with Gasteiger partial charge in [0.15, 0.2) is 0 Å². The molecule has 0 saturated carbocycles. The number of benzene rings is 2. The van der Waals surface area contributed by atoms with Crippen LogP contribution >= 0.6 is 38.5 Å². The Morgan fingerprint density at radius 1 is 1.15 bits per heavy atom. The lowest BCUT2D eigenvalue weighted by molar-refractivity contribution is 0.117. The summed E-state index contributed by atoms with van der Waals surface area (Å²) in [4.78, 5) is 0. The Bertz CT molecular complexity index is 548. The van der Waals surface area contributed by atoms with Gasteiger partial charge in [0.2, 0.25) is 0 Å². The summed E-state index contributed by atoms with van der Waals surface area (Å²) < 4.78 is 7.66. The summed E-state index contributed by atoms with van der Waals surface area (Å²) >= 11 is 5.63. The van der Waals surface area contributed by atoms with Crippen molar-refractivity contribution >= 4 is 44.2 Å². The molecule has 0 spiro atoms. The zero-order valence-electron chi connectivity index (χ0n) is 10.7. The highest BCUT2D eigenvalue weighted by atomic mass is 127. The molecule has 2 aromatic rings. The van der Waals surface area contributed by atoms with E-state index in [-0.39, 0.29) is 6.61 Å². The Morgan fingerprint density at radius 3 is 2.55 bits per heavy atom. The second kappa shape index (κ2) is 7.85. The Hall–Kier alpha value is -0.790. The van der Waals surface area contributed by atoms with Crippen LogP contribution in [0.5, 0.6) is 5.75 Å². The largest absolute Gasteiger partial charge is 0.491 e. The van der Waals surface area contributed by atoms with Crippen LogP contribution in [0.1, 0.15) is 0 Å². The maximum Gasteiger partial charge on any atom is 0.119 e. The lowest BCUT2D eigenvalue weighted by Crippen LogP contribution is -2.26. The van der Waals surface area contributed by atoms with Crippen molar-refractivity contribution in [1.82, 2.24) is 0 Å². The lowest BCUT2D eigenvalue weighted by Gasteiger charge is -2.14. The van der Waals surface area contributed by atoms with Crippen molar-refractivity contribution in [1.29, 1.82) is 0 Å². The van der Waals surface area contributed by atoms with E-state index in [2.05, 4.69) is 43.8 Å². The quantitative estimate of drug-likeness (QED) is 0.660. The Labute approximate surface area is 140 Å². The molecule has 5 heteroatoms. The Kier molecular flexibility index (Phi) is 6.12. The molecule has 0 aliphatic carbocycles. The van der Waals surface area contributed by atoms with Gasteiger partial charge in [0.1, 0.15) is 18.5 Å². The van der Waals surface area contributed by atoms with Crippen molar-refractivity contribution < 1.29 is 9.84 Å². The molecule has 0 heterocycles. The summed E-state index contributed by atoms with van der Waals surface area (Å²) in [5.41, 5.74) is 1.02. The van der Waals surface area contributed by atoms with Gasteiger partial charge in [-0.25, -0.2) is 0 Å². The van der Waals surface area contributed by atoms with Gasteiger partial charge in [0.25, 0.3) is 0 Å². The number of aliphatic hydroxyl groups is 1. The normalized spacial score (nSPS) is 11.9. The van der Waals surface area contributed by atoms with E-state index in [1.54, 1.807) is 0 Å². The zero-order valence-corrected chi connectivity index (χ0v) is 14.5. The molecule has 2 aromatic carbocycles. The first kappa shape index (κ1) is 15.6. The van der Waals surface area contributed by atoms with Crippen molar-refractivity contribution in [3.05, 3.63) is 56.6 Å². The number of hydrogen-bond acceptors (Lipinski definition) is 3. The van der Waals surface area contributed by atoms with E-state index in [9.17, 15) is 5.11 Å². The van der Waals surface area contributed by atoms with Crippen molar-refractivity contribution in [3.63, 3.8) is 0 Å². The van der Waals surface area contributed by atoms with Crippen LogP contribution in [0.4, 0.5) is 5.69 Å². The van der Waals surface area contributed by atoms with Gasteiger partial charge in [0.05, 0.1) is 0 Å². The highest BCUT2D eigenvalue weighted by Gasteiger charge is 2.06. The van der Waals surface area contributed by atoms with Crippen LogP contribution in [0, 0.1) is 3.57 Å². The minimum absolute atomic E-state index is 0.262. The van der Waals surface area contributed by atoms with Crippen molar-refractivity contribution in [3.8, 4) is 5.75 Å². The molecule has 1 atom stereocenters. The number of halogens is 2. The Balaban J connectivity index is 1.77. The minimum Gasteiger partial charge on any atom is -0.491 e. The third kappa shape index (κ3) is 4.96. The topological polar surface area (TPSA) is 41.5 Å². The standard InChI is InChI=1S/C15H15BrINO2/c16-11-5-7-13(8-6-11)20-10-12(19)9-18-15-4-2-1-3-14(15)17/h1-8,12,18-19H,9-10H2. The number of anilines is 1. The average molecular weight is 448 g/mol. The van der Waals surface area contributed by atoms with Gasteiger partial charge in [-0.05, 0) is 59.0 Å². The van der Waals surface area contributed by atoms with Crippen molar-refractivity contribution in [2.45, 2.75) is 6.10 Å². The monoisotopic (exact) mass is 447 g/mol. The summed E-state index contributed by atoms with van der Waals surface area (Å²) in [6.07, 6.45) is -0.561. The molecule has 0 fully saturated rings. The van der Waals surface area contributed by atoms with Gasteiger partial charge >= 0.3 is 0 Å². The molecule has 106 valence electrons. The third-order valence-electron chi connectivity index (χ3n) is 2.66. The van der Waals surface area contributed by atoms with Crippen LogP contribution in [-0.2, 0) is 0 Å². The number of nitrogens with one attached hydrogen (secondary N) is 1. The molecule has 0 amide bonds. The van der Waals surface area contributed by atoms with E-state index in [1.165, 1.54) is 0 Å². The molecule has 0 bridgehead atoms. The van der Waals surface area contributed by atoms with Crippen molar-refractivity contribution in [2.24, 2.45) is 0 Å². The molecule has 0 radical (unpaired) electrons. The highest BCUT2D eigenvalue weighted by molar-refractivity contribution is 14.1. The van der Waals surface area contributed by atoms with Crippen LogP contribution in [-0.4, -0.2) is 24.4 Å². The van der Waals surface area contributed by atoms with Gasteiger partial charge in [-0.1, -0.05) is 28.1 Å². The molecular formula is C15H15BrINO2. The molecule has 2 rings (SSSR count). The smallest absolute Gasteiger partial charge is 0.119 e. The van der Waals surface area contributed by atoms with Gasteiger partial charge in [-0.3, -0.25) is 0 Å². The third-order valence-corrected chi connectivity index (χ3v) is 4.13. The fraction of sp³-hybridized carbons (Fsp3) is 0.200. The summed E-state index contributed by atoms with van der Waals surface area (Å²) in [6.45, 7) is 0.717. The fourth-order valence-electron chi connectivity index (χ4n) is 1.61. The van der Waals surface area contributed by atoms with Gasteiger partial charge in [0, 0.05) is 20.3 Å². The minimum atomic E-state index is -0.561. The molecule has 20 heavy (non-hydrogen) atoms. The Morgan fingerprint density at radius 2 is 1.85 bits per heavy atom. The summed E-state index contributed by atoms with van der Waals surface area (Å²) in [5, 5.41) is 13.1. The number of ether oxygens (including phenoxy) is 1. The summed E-state index contributed by atoms with van der Waals surface area (Å²) in [7, 11) is 0. The molecule has 3 nitrogen and oxygen atoms in total. The van der Waals surface area contributed by atoms with Gasteiger partial charge in [-0.2, -0.15) is 0 Å². The molecular weight excluding hydrogens is 433 g/mol. The second-order valence-electron chi connectivity index (χ2n) is 4.28. The van der Waals surface area contributed by atoms with Crippen molar-refractivity contribution in [2.75, 3.05) is 18.5 Å². The predicted molar refractivity (Wildman–Crippen MR) is 93.3 cm³/mol. The van der Waals surface area contributed by atoms with E-state index >= 15 is 0 Å². The molecule has 0 aromatic heterocycles. The maximum atomic E-state index is 9.92. The van der Waals surface area contributed by atoms with E-state index in [4.69, 9.17) is 4.74 Å². The summed E-state index contributed by atoms with van der Waals surface area (Å²) in [6, 6.07) is 15.5. The molecule has 2 N–H and O–H groups in total. The zero-order chi connectivity index (χ0) is 14.4. The van der Waals surface area contributed by atoms with E-state index in [1.807, 2.05) is 48.5 Å². The second-order valence-corrected chi connectivity index (χ2v) is 6.36. The molecule has 0 saturated heterocycles. The molecule has 1 unspecified atom stereocenters. The van der Waals surface area contributed by atoms with E-state index in [0.717, 1.165) is 19.5 Å². The van der Waals surface area contributed by atoms with Crippen LogP contribution in [0.15, 0.2) is 53.0 Å². The first-order valence-electron chi connectivity index (χ1n) is 6.20. The van der Waals surface area contributed by atoms with Crippen LogP contribution in [0.2, 0.25) is 0 Å². The SMILES string of the molecule is OC(CNc1ccccc1I)COc1ccc(Br)cc1. The highest BCUT2D eigenvalue weighted by Crippen LogP contribution is 2.18. The first-order chi connectivity index (χ1) is 9.65. The van der Waals surface area contributed by atoms with E-state index < -0.39 is 6.10 Å².